The van der Waals surface area contributed by atoms with Crippen molar-refractivity contribution in [2.45, 2.75) is 16.2 Å². The van der Waals surface area contributed by atoms with Crippen LogP contribution in [0.4, 0.5) is 11.4 Å². The largest absolute Gasteiger partial charge is 0.311 e. The van der Waals surface area contributed by atoms with Crippen molar-refractivity contribution < 1.29 is 9.72 Å². The predicted molar refractivity (Wildman–Crippen MR) is 103 cm³/mol. The monoisotopic (exact) mass is 385 g/mol. The topological polar surface area (TPSA) is 76.3 Å². The van der Waals surface area contributed by atoms with E-state index in [2.05, 4.69) is 4.98 Å². The summed E-state index contributed by atoms with van der Waals surface area (Å²) in [5.41, 5.74) is 1.76. The third kappa shape index (κ3) is 3.92. The Hall–Kier alpha value is -2.71. The number of nitro groups is 1. The molecule has 0 unspecified atom stereocenters. The van der Waals surface area contributed by atoms with Crippen LogP contribution in [0.1, 0.15) is 16.1 Å². The van der Waals surface area contributed by atoms with Gasteiger partial charge in [0.15, 0.2) is 4.34 Å². The second-order valence-corrected chi connectivity index (χ2v) is 7.64. The summed E-state index contributed by atoms with van der Waals surface area (Å²) in [5.74, 6) is -0.305. The Labute approximate surface area is 158 Å². The van der Waals surface area contributed by atoms with Gasteiger partial charge in [0.1, 0.15) is 0 Å². The minimum atomic E-state index is -0.470. The molecule has 1 aromatic heterocycles. The van der Waals surface area contributed by atoms with Gasteiger partial charge in [-0.1, -0.05) is 30.0 Å². The number of thiazole rings is 1. The first kappa shape index (κ1) is 18.1. The van der Waals surface area contributed by atoms with Crippen molar-refractivity contribution in [3.05, 3.63) is 75.3 Å². The molecule has 132 valence electrons. The third-order valence-corrected chi connectivity index (χ3v) is 5.77. The summed E-state index contributed by atoms with van der Waals surface area (Å²) in [4.78, 5) is 29.9. The molecule has 0 aliphatic heterocycles. The molecule has 0 aliphatic carbocycles. The molecule has 8 heteroatoms. The second-order valence-electron chi connectivity index (χ2n) is 5.50. The molecule has 1 heterocycles. The normalized spacial score (nSPS) is 10.5. The van der Waals surface area contributed by atoms with Gasteiger partial charge in [0.05, 0.1) is 9.82 Å². The van der Waals surface area contributed by atoms with Gasteiger partial charge in [-0.25, -0.2) is 4.98 Å². The molecule has 2 aromatic carbocycles. The lowest BCUT2D eigenvalue weighted by Gasteiger charge is -2.17. The van der Waals surface area contributed by atoms with E-state index in [0.29, 0.717) is 4.90 Å². The molecular formula is C18H15N3O3S2. The fraction of sp³-hybridized carbons (Fsp3) is 0.111. The Bertz CT molecular complexity index is 957. The number of hydrogen-bond acceptors (Lipinski definition) is 6. The zero-order valence-corrected chi connectivity index (χ0v) is 15.7. The number of carbonyl (C=O) groups excluding carboxylic acids is 1. The Balaban J connectivity index is 1.90. The predicted octanol–water partition coefficient (Wildman–Crippen LogP) is 4.79. The summed E-state index contributed by atoms with van der Waals surface area (Å²) in [7, 11) is 1.64. The van der Waals surface area contributed by atoms with Crippen LogP contribution in [0.2, 0.25) is 0 Å². The third-order valence-electron chi connectivity index (χ3n) is 3.65. The first-order chi connectivity index (χ1) is 12.5. The fourth-order valence-electron chi connectivity index (χ4n) is 2.32. The molecule has 6 nitrogen and oxygen atoms in total. The summed E-state index contributed by atoms with van der Waals surface area (Å²) < 4.78 is 0.728. The summed E-state index contributed by atoms with van der Waals surface area (Å²) >= 11 is 2.66. The van der Waals surface area contributed by atoms with Crippen LogP contribution in [0.3, 0.4) is 0 Å². The van der Waals surface area contributed by atoms with Crippen LogP contribution < -0.4 is 4.90 Å². The molecule has 0 N–H and O–H groups in total. The van der Waals surface area contributed by atoms with Gasteiger partial charge < -0.3 is 4.90 Å². The van der Waals surface area contributed by atoms with Crippen LogP contribution in [-0.2, 0) is 0 Å². The van der Waals surface area contributed by atoms with Crippen LogP contribution in [0.25, 0.3) is 0 Å². The number of para-hydroxylation sites is 1. The van der Waals surface area contributed by atoms with Crippen molar-refractivity contribution in [1.29, 1.82) is 0 Å². The maximum Gasteiger partial charge on any atom is 0.284 e. The van der Waals surface area contributed by atoms with E-state index in [9.17, 15) is 14.9 Å². The van der Waals surface area contributed by atoms with Crippen molar-refractivity contribution in [3.63, 3.8) is 0 Å². The smallest absolute Gasteiger partial charge is 0.284 e. The first-order valence-corrected chi connectivity index (χ1v) is 9.37. The quantitative estimate of drug-likeness (QED) is 0.466. The molecule has 0 fully saturated rings. The molecule has 0 aliphatic rings. The molecule has 1 amide bonds. The number of rotatable bonds is 5. The molecule has 0 spiro atoms. The fourth-order valence-corrected chi connectivity index (χ4v) is 4.19. The van der Waals surface area contributed by atoms with Gasteiger partial charge in [0.2, 0.25) is 0 Å². The zero-order valence-electron chi connectivity index (χ0n) is 14.1. The van der Waals surface area contributed by atoms with E-state index in [1.807, 2.05) is 30.5 Å². The van der Waals surface area contributed by atoms with Gasteiger partial charge in [0.25, 0.3) is 11.6 Å². The number of aromatic nitrogens is 1. The zero-order chi connectivity index (χ0) is 18.7. The van der Waals surface area contributed by atoms with Crippen molar-refractivity contribution >= 4 is 40.4 Å². The highest BCUT2D eigenvalue weighted by Crippen LogP contribution is 2.37. The summed E-state index contributed by atoms with van der Waals surface area (Å²) in [6.07, 6.45) is 0. The van der Waals surface area contributed by atoms with Crippen LogP contribution in [0.5, 0.6) is 0 Å². The van der Waals surface area contributed by atoms with E-state index in [1.165, 1.54) is 34.1 Å². The number of carbonyl (C=O) groups is 1. The Kier molecular flexibility index (Phi) is 5.34. The van der Waals surface area contributed by atoms with Gasteiger partial charge in [0, 0.05) is 35.4 Å². The van der Waals surface area contributed by atoms with Gasteiger partial charge in [-0.15, -0.1) is 11.3 Å². The molecule has 0 saturated heterocycles. The average molecular weight is 385 g/mol. The first-order valence-electron chi connectivity index (χ1n) is 7.67. The van der Waals surface area contributed by atoms with Crippen molar-refractivity contribution in [1.82, 2.24) is 4.98 Å². The van der Waals surface area contributed by atoms with Crippen molar-refractivity contribution in [3.8, 4) is 0 Å². The standard InChI is InChI=1S/C18H15N3O3S2/c1-12-11-25-18(19-12)26-16-9-8-13(10-15(16)21(23)24)17(22)20(2)14-6-4-3-5-7-14/h3-11H,1-2H3. The molecule has 3 rings (SSSR count). The van der Waals surface area contributed by atoms with E-state index in [1.54, 1.807) is 31.3 Å². The maximum atomic E-state index is 12.7. The highest BCUT2D eigenvalue weighted by molar-refractivity contribution is 8.01. The SMILES string of the molecule is Cc1csc(Sc2ccc(C(=O)N(C)c3ccccc3)cc2[N+](=O)[O-])n1. The number of nitro benzene ring substituents is 1. The molecule has 26 heavy (non-hydrogen) atoms. The van der Waals surface area contributed by atoms with Crippen LogP contribution in [0.15, 0.2) is 63.1 Å². The summed E-state index contributed by atoms with van der Waals surface area (Å²) in [5, 5.41) is 13.4. The number of anilines is 1. The van der Waals surface area contributed by atoms with Gasteiger partial charge in [-0.05, 0) is 31.2 Å². The Morgan fingerprint density at radius 2 is 1.96 bits per heavy atom. The minimum Gasteiger partial charge on any atom is -0.311 e. The highest BCUT2D eigenvalue weighted by Gasteiger charge is 2.21. The van der Waals surface area contributed by atoms with E-state index < -0.39 is 4.92 Å². The summed E-state index contributed by atoms with van der Waals surface area (Å²) in [6, 6.07) is 13.7. The molecular weight excluding hydrogens is 370 g/mol. The number of benzene rings is 2. The summed E-state index contributed by atoms with van der Waals surface area (Å²) in [6.45, 7) is 1.87. The van der Waals surface area contributed by atoms with Gasteiger partial charge in [-0.3, -0.25) is 14.9 Å². The van der Waals surface area contributed by atoms with Gasteiger partial charge in [-0.2, -0.15) is 0 Å². The van der Waals surface area contributed by atoms with E-state index in [-0.39, 0.29) is 17.2 Å². The van der Waals surface area contributed by atoms with E-state index >= 15 is 0 Å². The molecule has 0 bridgehead atoms. The molecule has 3 aromatic rings. The number of nitrogens with zero attached hydrogens (tertiary/aromatic N) is 3. The Morgan fingerprint density at radius 3 is 2.58 bits per heavy atom. The highest BCUT2D eigenvalue weighted by atomic mass is 32.2. The van der Waals surface area contributed by atoms with Crippen LogP contribution >= 0.6 is 23.1 Å². The maximum absolute atomic E-state index is 12.7. The van der Waals surface area contributed by atoms with Crippen molar-refractivity contribution in [2.24, 2.45) is 0 Å². The van der Waals surface area contributed by atoms with Crippen LogP contribution in [-0.4, -0.2) is 22.9 Å². The van der Waals surface area contributed by atoms with Crippen molar-refractivity contribution in [2.75, 3.05) is 11.9 Å². The van der Waals surface area contributed by atoms with E-state index in [4.69, 9.17) is 0 Å². The molecule has 0 saturated carbocycles. The van der Waals surface area contributed by atoms with Crippen LogP contribution in [0, 0.1) is 17.0 Å². The number of hydrogen-bond donors (Lipinski definition) is 0. The lowest BCUT2D eigenvalue weighted by molar-refractivity contribution is -0.387. The lowest BCUT2D eigenvalue weighted by Crippen LogP contribution is -2.26. The Morgan fingerprint density at radius 1 is 1.23 bits per heavy atom. The van der Waals surface area contributed by atoms with Gasteiger partial charge >= 0.3 is 0 Å². The van der Waals surface area contributed by atoms with E-state index in [0.717, 1.165) is 15.7 Å². The minimum absolute atomic E-state index is 0.102. The second kappa shape index (κ2) is 7.67. The number of aryl methyl sites for hydroxylation is 1. The lowest BCUT2D eigenvalue weighted by atomic mass is 10.1. The molecule has 0 atom stereocenters. The average Bonchev–Trinajstić information content (AvgIpc) is 3.06. The molecule has 0 radical (unpaired) electrons. The number of amides is 1.